The van der Waals surface area contributed by atoms with Gasteiger partial charge in [0, 0.05) is 0 Å². The summed E-state index contributed by atoms with van der Waals surface area (Å²) in [6, 6.07) is 0. The topological polar surface area (TPSA) is 91.5 Å². The maximum absolute atomic E-state index is 11.7. The van der Waals surface area contributed by atoms with Crippen LogP contribution in [0.15, 0.2) is 22.2 Å². The largest absolute Gasteiger partial charge is 0.312 e. The van der Waals surface area contributed by atoms with E-state index in [4.69, 9.17) is 0 Å². The summed E-state index contributed by atoms with van der Waals surface area (Å²) in [4.78, 5) is 36.8. The van der Waals surface area contributed by atoms with Crippen molar-refractivity contribution in [3.63, 3.8) is 0 Å². The van der Waals surface area contributed by atoms with Crippen LogP contribution in [-0.2, 0) is 0 Å². The number of hydrogen-bond donors (Lipinski definition) is 2. The van der Waals surface area contributed by atoms with Crippen LogP contribution in [0.4, 0.5) is 0 Å². The van der Waals surface area contributed by atoms with Crippen LogP contribution in [0.2, 0.25) is 0 Å². The van der Waals surface area contributed by atoms with E-state index in [1.165, 1.54) is 35.3 Å². The Balaban J connectivity index is 2.42. The van der Waals surface area contributed by atoms with Gasteiger partial charge in [0.05, 0.1) is 33.1 Å². The van der Waals surface area contributed by atoms with Crippen LogP contribution in [-0.4, -0.2) is 19.9 Å². The summed E-state index contributed by atoms with van der Waals surface area (Å²) in [5.41, 5.74) is 0.906. The molecule has 88 valence electrons. The van der Waals surface area contributed by atoms with Gasteiger partial charge in [-0.1, -0.05) is 0 Å². The van der Waals surface area contributed by atoms with Gasteiger partial charge in [0.15, 0.2) is 0 Å². The molecule has 0 aliphatic heterocycles. The number of rotatable bonds is 0. The molecule has 2 N–H and O–H groups in total. The van der Waals surface area contributed by atoms with Crippen molar-refractivity contribution in [2.75, 3.05) is 0 Å². The van der Waals surface area contributed by atoms with E-state index in [-0.39, 0.29) is 11.1 Å². The standard InChI is InChI=1S/C10H4N4O2S2/c15-8-6-4(11-1-13-8)3-5-7(18-10(3)17-6)9(16)14-2-12-5/h1-2H,(H,11,13,15)(H,12,14,16). The van der Waals surface area contributed by atoms with E-state index >= 15 is 0 Å². The summed E-state index contributed by atoms with van der Waals surface area (Å²) in [5, 5.41) is 0.798. The molecule has 4 aromatic rings. The van der Waals surface area contributed by atoms with Gasteiger partial charge in [-0.25, -0.2) is 9.97 Å². The first-order chi connectivity index (χ1) is 8.75. The molecule has 4 rings (SSSR count). The normalized spacial score (nSPS) is 11.8. The number of nitrogens with one attached hydrogen (secondary N) is 2. The maximum atomic E-state index is 11.7. The first kappa shape index (κ1) is 9.92. The molecule has 18 heavy (non-hydrogen) atoms. The monoisotopic (exact) mass is 276 g/mol. The zero-order valence-corrected chi connectivity index (χ0v) is 10.3. The van der Waals surface area contributed by atoms with Crippen LogP contribution in [0, 0.1) is 0 Å². The first-order valence-electron chi connectivity index (χ1n) is 5.02. The second-order valence-electron chi connectivity index (χ2n) is 3.69. The number of aromatic nitrogens is 4. The van der Waals surface area contributed by atoms with Crippen LogP contribution in [0.3, 0.4) is 0 Å². The third-order valence-corrected chi connectivity index (χ3v) is 5.13. The molecule has 0 aliphatic rings. The van der Waals surface area contributed by atoms with Crippen molar-refractivity contribution >= 4 is 52.5 Å². The lowest BCUT2D eigenvalue weighted by Gasteiger charge is -1.89. The van der Waals surface area contributed by atoms with Crippen molar-refractivity contribution < 1.29 is 0 Å². The quantitative estimate of drug-likeness (QED) is 0.508. The minimum atomic E-state index is -0.161. The van der Waals surface area contributed by atoms with E-state index in [2.05, 4.69) is 19.9 Å². The molecule has 8 heteroatoms. The Bertz CT molecular complexity index is 944. The summed E-state index contributed by atoms with van der Waals surface area (Å²) >= 11 is 2.68. The third kappa shape index (κ3) is 1.11. The van der Waals surface area contributed by atoms with Crippen molar-refractivity contribution in [1.82, 2.24) is 19.9 Å². The summed E-state index contributed by atoms with van der Waals surface area (Å²) in [6.07, 6.45) is 2.74. The smallest absolute Gasteiger partial charge is 0.268 e. The first-order valence-corrected chi connectivity index (χ1v) is 6.65. The van der Waals surface area contributed by atoms with Crippen LogP contribution < -0.4 is 11.1 Å². The molecule has 0 spiro atoms. The fourth-order valence-electron chi connectivity index (χ4n) is 1.93. The molecule has 0 fully saturated rings. The highest BCUT2D eigenvalue weighted by Crippen LogP contribution is 2.39. The molecule has 0 unspecified atom stereocenters. The molecule has 0 bridgehead atoms. The van der Waals surface area contributed by atoms with E-state index in [1.807, 2.05) is 0 Å². The van der Waals surface area contributed by atoms with E-state index < -0.39 is 0 Å². The molecule has 0 saturated heterocycles. The van der Waals surface area contributed by atoms with Crippen LogP contribution in [0.1, 0.15) is 0 Å². The Hall–Kier alpha value is -2.06. The van der Waals surface area contributed by atoms with Gasteiger partial charge in [-0.3, -0.25) is 9.59 Å². The Kier molecular flexibility index (Phi) is 1.78. The van der Waals surface area contributed by atoms with Crippen molar-refractivity contribution in [3.05, 3.63) is 33.4 Å². The van der Waals surface area contributed by atoms with E-state index in [0.717, 1.165) is 9.40 Å². The Morgan fingerprint density at radius 3 is 1.89 bits per heavy atom. The fraction of sp³-hybridized carbons (Fsp3) is 0. The SMILES string of the molecule is O=c1[nH]cnc2c1sc1sc3c(=O)[nH]cnc3c12. The number of aromatic amines is 2. The highest BCUT2D eigenvalue weighted by Gasteiger charge is 2.17. The second kappa shape index (κ2) is 3.24. The molecular formula is C10H4N4O2S2. The van der Waals surface area contributed by atoms with Crippen molar-refractivity contribution in [1.29, 1.82) is 0 Å². The van der Waals surface area contributed by atoms with E-state index in [0.29, 0.717) is 20.4 Å². The number of H-pyrrole nitrogens is 2. The van der Waals surface area contributed by atoms with Crippen molar-refractivity contribution in [2.24, 2.45) is 0 Å². The highest BCUT2D eigenvalue weighted by atomic mass is 32.2. The molecule has 0 aromatic carbocycles. The number of thiophene rings is 2. The van der Waals surface area contributed by atoms with Crippen LogP contribution in [0.5, 0.6) is 0 Å². The zero-order valence-electron chi connectivity index (χ0n) is 8.68. The van der Waals surface area contributed by atoms with Gasteiger partial charge in [-0.15, -0.1) is 22.7 Å². The molecule has 0 aliphatic carbocycles. The van der Waals surface area contributed by atoms with Gasteiger partial charge >= 0.3 is 0 Å². The molecular weight excluding hydrogens is 272 g/mol. The van der Waals surface area contributed by atoms with E-state index in [1.54, 1.807) is 0 Å². The van der Waals surface area contributed by atoms with Crippen LogP contribution >= 0.6 is 22.7 Å². The molecule has 0 radical (unpaired) electrons. The minimum absolute atomic E-state index is 0.161. The Labute approximate surface area is 106 Å². The molecule has 0 atom stereocenters. The van der Waals surface area contributed by atoms with Gasteiger partial charge in [0.1, 0.15) is 9.40 Å². The summed E-state index contributed by atoms with van der Waals surface area (Å²) in [6.45, 7) is 0. The van der Waals surface area contributed by atoms with Gasteiger partial charge in [-0.2, -0.15) is 0 Å². The predicted octanol–water partition coefficient (Wildman–Crippen LogP) is 1.44. The lowest BCUT2D eigenvalue weighted by molar-refractivity contribution is 1.18. The molecule has 6 nitrogen and oxygen atoms in total. The summed E-state index contributed by atoms with van der Waals surface area (Å²) in [5.74, 6) is 0. The predicted molar refractivity (Wildman–Crippen MR) is 71.5 cm³/mol. The lowest BCUT2D eigenvalue weighted by Crippen LogP contribution is -2.04. The highest BCUT2D eigenvalue weighted by molar-refractivity contribution is 7.44. The molecule has 0 saturated carbocycles. The number of nitrogens with zero attached hydrogens (tertiary/aromatic N) is 2. The zero-order chi connectivity index (χ0) is 12.3. The molecule has 0 amide bonds. The van der Waals surface area contributed by atoms with Crippen LogP contribution in [0.25, 0.3) is 29.8 Å². The average Bonchev–Trinajstić information content (AvgIpc) is 2.88. The average molecular weight is 276 g/mol. The maximum Gasteiger partial charge on any atom is 0.268 e. The van der Waals surface area contributed by atoms with Crippen molar-refractivity contribution in [3.8, 4) is 0 Å². The molecule has 4 heterocycles. The van der Waals surface area contributed by atoms with Gasteiger partial charge in [-0.05, 0) is 0 Å². The second-order valence-corrected chi connectivity index (χ2v) is 5.99. The number of hydrogen-bond acceptors (Lipinski definition) is 6. The number of fused-ring (bicyclic) bond motifs is 5. The van der Waals surface area contributed by atoms with Gasteiger partial charge in [0.2, 0.25) is 0 Å². The van der Waals surface area contributed by atoms with Gasteiger partial charge < -0.3 is 9.97 Å². The third-order valence-electron chi connectivity index (χ3n) is 2.69. The van der Waals surface area contributed by atoms with Crippen molar-refractivity contribution in [2.45, 2.75) is 0 Å². The minimum Gasteiger partial charge on any atom is -0.312 e. The van der Waals surface area contributed by atoms with E-state index in [9.17, 15) is 9.59 Å². The summed E-state index contributed by atoms with van der Waals surface area (Å²) in [7, 11) is 0. The molecule has 4 aromatic heterocycles. The Morgan fingerprint density at radius 2 is 1.39 bits per heavy atom. The Morgan fingerprint density at radius 1 is 0.889 bits per heavy atom. The lowest BCUT2D eigenvalue weighted by atomic mass is 10.3. The fourth-order valence-corrected chi connectivity index (χ4v) is 4.37. The van der Waals surface area contributed by atoms with Gasteiger partial charge in [0.25, 0.3) is 11.1 Å². The summed E-state index contributed by atoms with van der Waals surface area (Å²) < 4.78 is 2.04.